The fraction of sp³-hybridized carbons (Fsp3) is 0.278. The van der Waals surface area contributed by atoms with Crippen LogP contribution in [0.3, 0.4) is 0 Å². The molecule has 0 bridgehead atoms. The summed E-state index contributed by atoms with van der Waals surface area (Å²) < 4.78 is 5.45. The Bertz CT molecular complexity index is 607. The van der Waals surface area contributed by atoms with E-state index in [1.807, 2.05) is 30.3 Å². The van der Waals surface area contributed by atoms with Crippen LogP contribution in [-0.4, -0.2) is 24.1 Å². The molecule has 1 unspecified atom stereocenters. The zero-order valence-corrected chi connectivity index (χ0v) is 12.2. The van der Waals surface area contributed by atoms with Crippen molar-refractivity contribution in [3.05, 3.63) is 71.3 Å². The first-order chi connectivity index (χ1) is 10.2. The van der Waals surface area contributed by atoms with Crippen molar-refractivity contribution >= 4 is 6.09 Å². The quantitative estimate of drug-likeness (QED) is 0.854. The molecule has 0 N–H and O–H groups in total. The number of hydrogen-bond donors (Lipinski definition) is 0. The topological polar surface area (TPSA) is 29.5 Å². The molecule has 3 nitrogen and oxygen atoms in total. The van der Waals surface area contributed by atoms with Gasteiger partial charge in [-0.25, -0.2) is 4.79 Å². The normalized spacial score (nSPS) is 17.9. The van der Waals surface area contributed by atoms with E-state index in [2.05, 4.69) is 31.2 Å². The van der Waals surface area contributed by atoms with Gasteiger partial charge < -0.3 is 9.64 Å². The molecule has 0 aliphatic carbocycles. The van der Waals surface area contributed by atoms with Gasteiger partial charge in [-0.1, -0.05) is 60.2 Å². The molecule has 1 fully saturated rings. The Labute approximate surface area is 125 Å². The predicted molar refractivity (Wildman–Crippen MR) is 82.1 cm³/mol. The Kier molecular flexibility index (Phi) is 3.91. The Morgan fingerprint density at radius 1 is 1.10 bits per heavy atom. The second-order valence-corrected chi connectivity index (χ2v) is 5.46. The molecule has 1 aliphatic rings. The SMILES string of the molecule is Cc1ccc(CCN2CC(c3ccccc3)OC2=O)cc1. The van der Waals surface area contributed by atoms with Gasteiger partial charge in [-0.15, -0.1) is 0 Å². The lowest BCUT2D eigenvalue weighted by molar-refractivity contribution is 0.133. The number of rotatable bonds is 4. The minimum Gasteiger partial charge on any atom is -0.439 e. The summed E-state index contributed by atoms with van der Waals surface area (Å²) in [5.74, 6) is 0. The summed E-state index contributed by atoms with van der Waals surface area (Å²) in [5.41, 5.74) is 3.56. The first-order valence-corrected chi connectivity index (χ1v) is 7.28. The highest BCUT2D eigenvalue weighted by molar-refractivity contribution is 5.70. The molecule has 21 heavy (non-hydrogen) atoms. The van der Waals surface area contributed by atoms with E-state index in [1.165, 1.54) is 11.1 Å². The Hall–Kier alpha value is -2.29. The van der Waals surface area contributed by atoms with Crippen LogP contribution in [0.1, 0.15) is 22.8 Å². The minimum atomic E-state index is -0.212. The molecule has 1 heterocycles. The summed E-state index contributed by atoms with van der Waals surface area (Å²) in [5, 5.41) is 0. The fourth-order valence-electron chi connectivity index (χ4n) is 2.55. The molecule has 2 aromatic carbocycles. The van der Waals surface area contributed by atoms with Gasteiger partial charge in [0.05, 0.1) is 6.54 Å². The Morgan fingerprint density at radius 3 is 2.52 bits per heavy atom. The summed E-state index contributed by atoms with van der Waals surface area (Å²) in [6.45, 7) is 3.41. The van der Waals surface area contributed by atoms with E-state index in [4.69, 9.17) is 4.74 Å². The van der Waals surface area contributed by atoms with Crippen LogP contribution in [0, 0.1) is 6.92 Å². The summed E-state index contributed by atoms with van der Waals surface area (Å²) in [4.78, 5) is 13.7. The largest absolute Gasteiger partial charge is 0.439 e. The van der Waals surface area contributed by atoms with Gasteiger partial charge in [0.1, 0.15) is 6.10 Å². The second kappa shape index (κ2) is 6.00. The average Bonchev–Trinajstić information content (AvgIpc) is 2.89. The predicted octanol–water partition coefficient (Wildman–Crippen LogP) is 3.73. The molecule has 1 amide bonds. The average molecular weight is 281 g/mol. The molecule has 3 heteroatoms. The first kappa shape index (κ1) is 13.7. The third kappa shape index (κ3) is 3.24. The monoisotopic (exact) mass is 281 g/mol. The third-order valence-electron chi connectivity index (χ3n) is 3.85. The highest BCUT2D eigenvalue weighted by atomic mass is 16.6. The number of benzene rings is 2. The van der Waals surface area contributed by atoms with E-state index in [-0.39, 0.29) is 12.2 Å². The number of cyclic esters (lactones) is 1. The first-order valence-electron chi connectivity index (χ1n) is 7.28. The number of amides is 1. The summed E-state index contributed by atoms with van der Waals surface area (Å²) in [6, 6.07) is 18.3. The maximum absolute atomic E-state index is 11.9. The van der Waals surface area contributed by atoms with Crippen molar-refractivity contribution in [3.63, 3.8) is 0 Å². The molecule has 1 atom stereocenters. The molecular weight excluding hydrogens is 262 g/mol. The van der Waals surface area contributed by atoms with E-state index in [9.17, 15) is 4.79 Å². The van der Waals surface area contributed by atoms with Gasteiger partial charge in [-0.2, -0.15) is 0 Å². The minimum absolute atomic E-state index is 0.142. The van der Waals surface area contributed by atoms with Crippen LogP contribution in [0.2, 0.25) is 0 Å². The lowest BCUT2D eigenvalue weighted by Crippen LogP contribution is -2.26. The van der Waals surface area contributed by atoms with Crippen LogP contribution in [0.5, 0.6) is 0 Å². The zero-order valence-electron chi connectivity index (χ0n) is 12.2. The molecule has 2 aromatic rings. The van der Waals surface area contributed by atoms with Crippen LogP contribution in [0.25, 0.3) is 0 Å². The Morgan fingerprint density at radius 2 is 1.81 bits per heavy atom. The van der Waals surface area contributed by atoms with E-state index in [1.54, 1.807) is 4.90 Å². The second-order valence-electron chi connectivity index (χ2n) is 5.46. The van der Waals surface area contributed by atoms with Crippen molar-refractivity contribution in [2.24, 2.45) is 0 Å². The van der Waals surface area contributed by atoms with Crippen molar-refractivity contribution in [1.82, 2.24) is 4.90 Å². The maximum atomic E-state index is 11.9. The molecule has 0 spiro atoms. The number of carbonyl (C=O) groups is 1. The Balaban J connectivity index is 1.59. The number of hydrogen-bond acceptors (Lipinski definition) is 2. The smallest absolute Gasteiger partial charge is 0.410 e. The summed E-state index contributed by atoms with van der Waals surface area (Å²) >= 11 is 0. The number of nitrogens with zero attached hydrogens (tertiary/aromatic N) is 1. The van der Waals surface area contributed by atoms with Crippen LogP contribution >= 0.6 is 0 Å². The highest BCUT2D eigenvalue weighted by Crippen LogP contribution is 2.25. The van der Waals surface area contributed by atoms with Crippen molar-refractivity contribution in [2.75, 3.05) is 13.1 Å². The van der Waals surface area contributed by atoms with Crippen LogP contribution in [-0.2, 0) is 11.2 Å². The van der Waals surface area contributed by atoms with Gasteiger partial charge in [0.2, 0.25) is 0 Å². The van der Waals surface area contributed by atoms with Crippen molar-refractivity contribution in [1.29, 1.82) is 0 Å². The van der Waals surface area contributed by atoms with Gasteiger partial charge in [-0.05, 0) is 24.5 Å². The molecule has 3 rings (SSSR count). The van der Waals surface area contributed by atoms with Crippen LogP contribution in [0.15, 0.2) is 54.6 Å². The maximum Gasteiger partial charge on any atom is 0.410 e. The third-order valence-corrected chi connectivity index (χ3v) is 3.85. The number of ether oxygens (including phenoxy) is 1. The molecular formula is C18H19NO2. The lowest BCUT2D eigenvalue weighted by Gasteiger charge is -2.13. The van der Waals surface area contributed by atoms with Gasteiger partial charge in [0.25, 0.3) is 0 Å². The lowest BCUT2D eigenvalue weighted by atomic mass is 10.1. The summed E-state index contributed by atoms with van der Waals surface area (Å²) in [7, 11) is 0. The van der Waals surface area contributed by atoms with Crippen molar-refractivity contribution in [3.8, 4) is 0 Å². The van der Waals surface area contributed by atoms with E-state index < -0.39 is 0 Å². The van der Waals surface area contributed by atoms with Crippen molar-refractivity contribution in [2.45, 2.75) is 19.4 Å². The van der Waals surface area contributed by atoms with E-state index >= 15 is 0 Å². The molecule has 0 saturated carbocycles. The highest BCUT2D eigenvalue weighted by Gasteiger charge is 2.31. The van der Waals surface area contributed by atoms with Gasteiger partial charge in [-0.3, -0.25) is 0 Å². The van der Waals surface area contributed by atoms with Gasteiger partial charge >= 0.3 is 6.09 Å². The van der Waals surface area contributed by atoms with Crippen molar-refractivity contribution < 1.29 is 9.53 Å². The van der Waals surface area contributed by atoms with Gasteiger partial charge in [0.15, 0.2) is 0 Å². The molecule has 108 valence electrons. The van der Waals surface area contributed by atoms with Gasteiger partial charge in [0, 0.05) is 6.54 Å². The number of carbonyl (C=O) groups excluding carboxylic acids is 1. The molecule has 1 aliphatic heterocycles. The number of aryl methyl sites for hydroxylation is 1. The van der Waals surface area contributed by atoms with E-state index in [0.29, 0.717) is 13.1 Å². The van der Waals surface area contributed by atoms with Crippen LogP contribution < -0.4 is 0 Å². The van der Waals surface area contributed by atoms with E-state index in [0.717, 1.165) is 12.0 Å². The molecule has 0 aromatic heterocycles. The zero-order chi connectivity index (χ0) is 14.7. The fourth-order valence-corrected chi connectivity index (χ4v) is 2.55. The molecule has 1 saturated heterocycles. The summed E-state index contributed by atoms with van der Waals surface area (Å²) in [6.07, 6.45) is 0.504. The van der Waals surface area contributed by atoms with Crippen LogP contribution in [0.4, 0.5) is 4.79 Å². The standard InChI is InChI=1S/C18H19NO2/c1-14-7-9-15(10-8-14)11-12-19-13-17(21-18(19)20)16-5-3-2-4-6-16/h2-10,17H,11-13H2,1H3. The molecule has 0 radical (unpaired) electrons.